The topological polar surface area (TPSA) is 40.6 Å². The Balaban J connectivity index is 1.90. The second kappa shape index (κ2) is 7.92. The third-order valence-corrected chi connectivity index (χ3v) is 3.91. The summed E-state index contributed by atoms with van der Waals surface area (Å²) in [4.78, 5) is 27.9. The molecule has 2 rings (SSSR count). The molecule has 120 valence electrons. The van der Waals surface area contributed by atoms with Crippen LogP contribution in [0, 0.1) is 5.82 Å². The van der Waals surface area contributed by atoms with E-state index in [4.69, 9.17) is 0 Å². The van der Waals surface area contributed by atoms with Crippen molar-refractivity contribution in [2.24, 2.45) is 0 Å². The molecule has 0 radical (unpaired) electrons. The monoisotopic (exact) mass is 306 g/mol. The Morgan fingerprint density at radius 1 is 1.09 bits per heavy atom. The Morgan fingerprint density at radius 3 is 2.41 bits per heavy atom. The second-order valence-electron chi connectivity index (χ2n) is 5.67. The van der Waals surface area contributed by atoms with E-state index in [1.54, 1.807) is 17.0 Å². The van der Waals surface area contributed by atoms with Gasteiger partial charge in [0.15, 0.2) is 0 Å². The first-order valence-corrected chi connectivity index (χ1v) is 7.90. The van der Waals surface area contributed by atoms with Crippen LogP contribution < -0.4 is 0 Å². The fourth-order valence-corrected chi connectivity index (χ4v) is 2.72. The molecule has 22 heavy (non-hydrogen) atoms. The molecule has 0 atom stereocenters. The number of benzene rings is 1. The van der Waals surface area contributed by atoms with Gasteiger partial charge in [-0.3, -0.25) is 9.59 Å². The molecule has 4 nitrogen and oxygen atoms in total. The van der Waals surface area contributed by atoms with Gasteiger partial charge >= 0.3 is 0 Å². The number of hydrogen-bond acceptors (Lipinski definition) is 2. The summed E-state index contributed by atoms with van der Waals surface area (Å²) in [6, 6.07) is 6.14. The van der Waals surface area contributed by atoms with Gasteiger partial charge in [-0.05, 0) is 30.5 Å². The molecule has 2 amide bonds. The zero-order valence-electron chi connectivity index (χ0n) is 13.1. The molecular formula is C17H23FN2O2. The normalized spacial score (nSPS) is 15.5. The molecule has 1 aliphatic heterocycles. The van der Waals surface area contributed by atoms with Crippen LogP contribution in [-0.2, 0) is 16.0 Å². The van der Waals surface area contributed by atoms with Crippen LogP contribution >= 0.6 is 0 Å². The molecule has 1 fully saturated rings. The zero-order chi connectivity index (χ0) is 15.9. The van der Waals surface area contributed by atoms with Crippen LogP contribution in [0.4, 0.5) is 4.39 Å². The molecule has 0 saturated carbocycles. The molecule has 0 aliphatic carbocycles. The summed E-state index contributed by atoms with van der Waals surface area (Å²) in [7, 11) is 0. The smallest absolute Gasteiger partial charge is 0.227 e. The van der Waals surface area contributed by atoms with Gasteiger partial charge in [0.05, 0.1) is 6.42 Å². The third kappa shape index (κ3) is 4.55. The Hall–Kier alpha value is -1.91. The standard InChI is InChI=1S/C17H23FN2O2/c1-2-5-16(21)19-8-4-9-20(11-10-19)17(22)13-14-6-3-7-15(18)12-14/h3,6-7,12H,2,4-5,8-11,13H2,1H3. The summed E-state index contributed by atoms with van der Waals surface area (Å²) >= 11 is 0. The number of nitrogens with zero attached hydrogens (tertiary/aromatic N) is 2. The number of hydrogen-bond donors (Lipinski definition) is 0. The lowest BCUT2D eigenvalue weighted by molar-refractivity contribution is -0.133. The molecule has 1 aliphatic rings. The van der Waals surface area contributed by atoms with E-state index in [9.17, 15) is 14.0 Å². The summed E-state index contributed by atoms with van der Waals surface area (Å²) in [5.74, 6) is -0.158. The maximum Gasteiger partial charge on any atom is 0.227 e. The van der Waals surface area contributed by atoms with E-state index in [2.05, 4.69) is 0 Å². The van der Waals surface area contributed by atoms with Gasteiger partial charge in [0.25, 0.3) is 0 Å². The minimum Gasteiger partial charge on any atom is -0.341 e. The van der Waals surface area contributed by atoms with Gasteiger partial charge in [-0.1, -0.05) is 19.1 Å². The summed E-state index contributed by atoms with van der Waals surface area (Å²) in [6.45, 7) is 4.51. The minimum absolute atomic E-state index is 0.00427. The first-order valence-electron chi connectivity index (χ1n) is 7.90. The lowest BCUT2D eigenvalue weighted by Gasteiger charge is -2.22. The molecule has 0 unspecified atom stereocenters. The van der Waals surface area contributed by atoms with Crippen LogP contribution in [0.25, 0.3) is 0 Å². The molecular weight excluding hydrogens is 283 g/mol. The van der Waals surface area contributed by atoms with Gasteiger partial charge < -0.3 is 9.80 Å². The molecule has 0 bridgehead atoms. The van der Waals surface area contributed by atoms with Crippen molar-refractivity contribution in [3.8, 4) is 0 Å². The van der Waals surface area contributed by atoms with Crippen molar-refractivity contribution in [2.75, 3.05) is 26.2 Å². The molecule has 1 heterocycles. The van der Waals surface area contributed by atoms with Gasteiger partial charge in [-0.15, -0.1) is 0 Å². The predicted octanol–water partition coefficient (Wildman–Crippen LogP) is 2.23. The highest BCUT2D eigenvalue weighted by atomic mass is 19.1. The zero-order valence-corrected chi connectivity index (χ0v) is 13.1. The van der Waals surface area contributed by atoms with Crippen molar-refractivity contribution in [1.82, 2.24) is 9.80 Å². The number of amides is 2. The van der Waals surface area contributed by atoms with E-state index >= 15 is 0 Å². The van der Waals surface area contributed by atoms with Gasteiger partial charge in [-0.25, -0.2) is 4.39 Å². The van der Waals surface area contributed by atoms with E-state index in [-0.39, 0.29) is 24.1 Å². The predicted molar refractivity (Wildman–Crippen MR) is 82.8 cm³/mol. The van der Waals surface area contributed by atoms with Crippen LogP contribution in [0.5, 0.6) is 0 Å². The first-order chi connectivity index (χ1) is 10.6. The van der Waals surface area contributed by atoms with Crippen LogP contribution in [-0.4, -0.2) is 47.8 Å². The second-order valence-corrected chi connectivity index (χ2v) is 5.67. The minimum atomic E-state index is -0.322. The average Bonchev–Trinajstić information content (AvgIpc) is 2.73. The van der Waals surface area contributed by atoms with Crippen molar-refractivity contribution in [3.05, 3.63) is 35.6 Å². The first kappa shape index (κ1) is 16.5. The number of halogens is 1. The molecule has 0 aromatic heterocycles. The van der Waals surface area contributed by atoms with Gasteiger partial charge in [0.2, 0.25) is 11.8 Å². The number of carbonyl (C=O) groups is 2. The van der Waals surface area contributed by atoms with Crippen molar-refractivity contribution in [1.29, 1.82) is 0 Å². The fourth-order valence-electron chi connectivity index (χ4n) is 2.72. The highest BCUT2D eigenvalue weighted by Crippen LogP contribution is 2.10. The van der Waals surface area contributed by atoms with E-state index < -0.39 is 0 Å². The number of rotatable bonds is 4. The van der Waals surface area contributed by atoms with Gasteiger partial charge in [-0.2, -0.15) is 0 Å². The summed E-state index contributed by atoms with van der Waals surface area (Å²) in [5, 5.41) is 0. The van der Waals surface area contributed by atoms with Crippen molar-refractivity contribution in [2.45, 2.75) is 32.6 Å². The summed E-state index contributed by atoms with van der Waals surface area (Å²) < 4.78 is 13.2. The van der Waals surface area contributed by atoms with Crippen molar-refractivity contribution >= 4 is 11.8 Å². The Labute approximate surface area is 130 Å². The molecule has 1 aromatic rings. The SMILES string of the molecule is CCCC(=O)N1CCCN(C(=O)Cc2cccc(F)c2)CC1. The van der Waals surface area contributed by atoms with Crippen LogP contribution in [0.15, 0.2) is 24.3 Å². The van der Waals surface area contributed by atoms with Crippen molar-refractivity contribution < 1.29 is 14.0 Å². The molecule has 1 saturated heterocycles. The van der Waals surface area contributed by atoms with E-state index in [0.29, 0.717) is 38.2 Å². The van der Waals surface area contributed by atoms with E-state index in [1.807, 2.05) is 11.8 Å². The highest BCUT2D eigenvalue weighted by molar-refractivity contribution is 5.79. The number of carbonyl (C=O) groups excluding carboxylic acids is 2. The average molecular weight is 306 g/mol. The van der Waals surface area contributed by atoms with Gasteiger partial charge in [0, 0.05) is 32.6 Å². The van der Waals surface area contributed by atoms with Gasteiger partial charge in [0.1, 0.15) is 5.82 Å². The molecule has 5 heteroatoms. The summed E-state index contributed by atoms with van der Waals surface area (Å²) in [5.41, 5.74) is 0.688. The largest absolute Gasteiger partial charge is 0.341 e. The fraction of sp³-hybridized carbons (Fsp3) is 0.529. The Kier molecular flexibility index (Phi) is 5.92. The maximum absolute atomic E-state index is 13.2. The quantitative estimate of drug-likeness (QED) is 0.856. The van der Waals surface area contributed by atoms with Crippen molar-refractivity contribution in [3.63, 3.8) is 0 Å². The maximum atomic E-state index is 13.2. The molecule has 0 spiro atoms. The van der Waals surface area contributed by atoms with E-state index in [1.165, 1.54) is 12.1 Å². The third-order valence-electron chi connectivity index (χ3n) is 3.91. The molecule has 1 aromatic carbocycles. The highest BCUT2D eigenvalue weighted by Gasteiger charge is 2.21. The van der Waals surface area contributed by atoms with Crippen LogP contribution in [0.1, 0.15) is 31.7 Å². The lowest BCUT2D eigenvalue weighted by atomic mass is 10.1. The van der Waals surface area contributed by atoms with Crippen LogP contribution in [0.2, 0.25) is 0 Å². The Bertz CT molecular complexity index is 533. The van der Waals surface area contributed by atoms with E-state index in [0.717, 1.165) is 12.8 Å². The molecule has 0 N–H and O–H groups in total. The Morgan fingerprint density at radius 2 is 1.77 bits per heavy atom. The van der Waals surface area contributed by atoms with Crippen LogP contribution in [0.3, 0.4) is 0 Å². The lowest BCUT2D eigenvalue weighted by Crippen LogP contribution is -2.37. The summed E-state index contributed by atoms with van der Waals surface area (Å²) in [6.07, 6.45) is 2.42.